The highest BCUT2D eigenvalue weighted by Gasteiger charge is 2.28. The van der Waals surface area contributed by atoms with Crippen LogP contribution >= 0.6 is 0 Å². The molecule has 1 atom stereocenters. The molecule has 8 heteroatoms. The van der Waals surface area contributed by atoms with Crippen molar-refractivity contribution >= 4 is 17.4 Å². The van der Waals surface area contributed by atoms with E-state index in [-0.39, 0.29) is 23.1 Å². The summed E-state index contributed by atoms with van der Waals surface area (Å²) in [6.45, 7) is 2.93. The zero-order valence-corrected chi connectivity index (χ0v) is 13.8. The number of rotatable bonds is 3. The van der Waals surface area contributed by atoms with E-state index in [9.17, 15) is 9.59 Å². The van der Waals surface area contributed by atoms with Crippen molar-refractivity contribution in [2.45, 2.75) is 19.4 Å². The van der Waals surface area contributed by atoms with Crippen molar-refractivity contribution in [3.05, 3.63) is 58.3 Å². The summed E-state index contributed by atoms with van der Waals surface area (Å²) in [5.41, 5.74) is 1.37. The van der Waals surface area contributed by atoms with E-state index in [1.165, 1.54) is 0 Å². The van der Waals surface area contributed by atoms with E-state index in [0.29, 0.717) is 13.1 Å². The Morgan fingerprint density at radius 1 is 1.32 bits per heavy atom. The minimum atomic E-state index is -0.339. The van der Waals surface area contributed by atoms with Crippen LogP contribution in [0.3, 0.4) is 0 Å². The molecule has 0 spiro atoms. The first kappa shape index (κ1) is 15.4. The van der Waals surface area contributed by atoms with Gasteiger partial charge in [-0.3, -0.25) is 9.59 Å². The molecule has 0 bridgehead atoms. The molecule has 0 saturated carbocycles. The minimum Gasteiger partial charge on any atom is -0.364 e. The van der Waals surface area contributed by atoms with Crippen LogP contribution in [0.4, 0.5) is 5.82 Å². The van der Waals surface area contributed by atoms with E-state index in [1.807, 2.05) is 12.1 Å². The van der Waals surface area contributed by atoms with Crippen LogP contribution in [0, 0.1) is 6.92 Å². The van der Waals surface area contributed by atoms with E-state index >= 15 is 0 Å². The smallest absolute Gasteiger partial charge is 0.260 e. The number of pyridine rings is 1. The summed E-state index contributed by atoms with van der Waals surface area (Å²) in [5.74, 6) is 0.501. The van der Waals surface area contributed by atoms with Gasteiger partial charge in [0.15, 0.2) is 5.65 Å². The summed E-state index contributed by atoms with van der Waals surface area (Å²) >= 11 is 0. The molecule has 0 aliphatic carbocycles. The van der Waals surface area contributed by atoms with Crippen LogP contribution in [0.15, 0.2) is 41.5 Å². The van der Waals surface area contributed by atoms with Gasteiger partial charge >= 0.3 is 0 Å². The fourth-order valence-electron chi connectivity index (χ4n) is 3.07. The molecule has 2 N–H and O–H groups in total. The molecule has 1 amide bonds. The molecule has 1 unspecified atom stereocenters. The molecule has 8 nitrogen and oxygen atoms in total. The van der Waals surface area contributed by atoms with E-state index in [4.69, 9.17) is 0 Å². The van der Waals surface area contributed by atoms with Crippen LogP contribution in [0.1, 0.15) is 22.5 Å². The average Bonchev–Trinajstić information content (AvgIpc) is 3.23. The lowest BCUT2D eigenvalue weighted by atomic mass is 10.2. The number of imidazole rings is 1. The number of hydrogen-bond donors (Lipinski definition) is 2. The van der Waals surface area contributed by atoms with Gasteiger partial charge < -0.3 is 15.2 Å². The van der Waals surface area contributed by atoms with Crippen LogP contribution in [-0.2, 0) is 0 Å². The predicted octanol–water partition coefficient (Wildman–Crippen LogP) is 1.05. The Hall–Kier alpha value is -3.16. The molecule has 3 aromatic rings. The number of amides is 1. The third-order valence-corrected chi connectivity index (χ3v) is 4.37. The molecule has 1 aliphatic heterocycles. The van der Waals surface area contributed by atoms with E-state index < -0.39 is 0 Å². The van der Waals surface area contributed by atoms with Crippen LogP contribution in [-0.4, -0.2) is 49.5 Å². The molecular formula is C17H18N6O2. The molecule has 1 fully saturated rings. The molecule has 1 saturated heterocycles. The second kappa shape index (κ2) is 6.04. The maximum atomic E-state index is 12.6. The number of fused-ring (bicyclic) bond motifs is 1. The molecule has 128 valence electrons. The molecular weight excluding hydrogens is 320 g/mol. The van der Waals surface area contributed by atoms with Crippen molar-refractivity contribution in [3.8, 4) is 0 Å². The zero-order valence-electron chi connectivity index (χ0n) is 13.8. The summed E-state index contributed by atoms with van der Waals surface area (Å²) in [4.78, 5) is 33.1. The predicted molar refractivity (Wildman–Crippen MR) is 92.7 cm³/mol. The minimum absolute atomic E-state index is 0.0990. The summed E-state index contributed by atoms with van der Waals surface area (Å²) in [5, 5.41) is 7.78. The number of anilines is 1. The Bertz CT molecular complexity index is 992. The Morgan fingerprint density at radius 2 is 2.20 bits per heavy atom. The van der Waals surface area contributed by atoms with E-state index in [2.05, 4.69) is 20.4 Å². The van der Waals surface area contributed by atoms with Crippen LogP contribution in [0.2, 0.25) is 0 Å². The fraction of sp³-hybridized carbons (Fsp3) is 0.294. The largest absolute Gasteiger partial charge is 0.364 e. The van der Waals surface area contributed by atoms with Crippen molar-refractivity contribution in [1.29, 1.82) is 0 Å². The number of likely N-dealkylation sites (tertiary alicyclic amines) is 1. The zero-order chi connectivity index (χ0) is 17.4. The standard InChI is InChI=1S/C17H18N6O2/c1-11-2-3-13(16(24)19-11)17(25)22-8-6-12(10-22)20-14-4-5-15-18-7-9-23(15)21-14/h2-5,7,9,12H,6,8,10H2,1H3,(H,19,24)(H,20,21). The summed E-state index contributed by atoms with van der Waals surface area (Å²) in [6, 6.07) is 7.19. The van der Waals surface area contributed by atoms with Crippen molar-refractivity contribution in [1.82, 2.24) is 24.5 Å². The van der Waals surface area contributed by atoms with Gasteiger partial charge in [-0.15, -0.1) is 5.10 Å². The van der Waals surface area contributed by atoms with Crippen LogP contribution in [0.25, 0.3) is 5.65 Å². The highest BCUT2D eigenvalue weighted by molar-refractivity contribution is 5.94. The number of carbonyl (C=O) groups is 1. The molecule has 3 aromatic heterocycles. The van der Waals surface area contributed by atoms with Crippen LogP contribution < -0.4 is 10.9 Å². The Morgan fingerprint density at radius 3 is 3.04 bits per heavy atom. The first-order chi connectivity index (χ1) is 12.1. The lowest BCUT2D eigenvalue weighted by molar-refractivity contribution is 0.0790. The summed E-state index contributed by atoms with van der Waals surface area (Å²) in [6.07, 6.45) is 4.29. The third kappa shape index (κ3) is 2.98. The Balaban J connectivity index is 1.45. The fourth-order valence-corrected chi connectivity index (χ4v) is 3.07. The number of carbonyl (C=O) groups excluding carboxylic acids is 1. The van der Waals surface area contributed by atoms with Gasteiger partial charge in [0.1, 0.15) is 11.4 Å². The molecule has 25 heavy (non-hydrogen) atoms. The maximum absolute atomic E-state index is 12.6. The summed E-state index contributed by atoms with van der Waals surface area (Å²) in [7, 11) is 0. The van der Waals surface area contributed by atoms with Gasteiger partial charge in [-0.05, 0) is 37.6 Å². The van der Waals surface area contributed by atoms with Crippen molar-refractivity contribution in [2.75, 3.05) is 18.4 Å². The molecule has 4 rings (SSSR count). The molecule has 4 heterocycles. The second-order valence-corrected chi connectivity index (χ2v) is 6.21. The van der Waals surface area contributed by atoms with Crippen molar-refractivity contribution in [2.24, 2.45) is 0 Å². The lowest BCUT2D eigenvalue weighted by Crippen LogP contribution is -2.35. The Kier molecular flexibility index (Phi) is 3.72. The average molecular weight is 338 g/mol. The van der Waals surface area contributed by atoms with Gasteiger partial charge in [-0.25, -0.2) is 9.50 Å². The van der Waals surface area contributed by atoms with Gasteiger partial charge in [-0.1, -0.05) is 0 Å². The number of aromatic nitrogens is 4. The monoisotopic (exact) mass is 338 g/mol. The van der Waals surface area contributed by atoms with E-state index in [1.54, 1.807) is 40.9 Å². The first-order valence-corrected chi connectivity index (χ1v) is 8.16. The first-order valence-electron chi connectivity index (χ1n) is 8.16. The number of nitrogens with one attached hydrogen (secondary N) is 2. The number of aromatic amines is 1. The molecule has 1 aliphatic rings. The highest BCUT2D eigenvalue weighted by atomic mass is 16.2. The lowest BCUT2D eigenvalue weighted by Gasteiger charge is -2.17. The molecule has 0 aromatic carbocycles. The van der Waals surface area contributed by atoms with Gasteiger partial charge in [0.25, 0.3) is 11.5 Å². The number of hydrogen-bond acceptors (Lipinski definition) is 5. The van der Waals surface area contributed by atoms with Crippen LogP contribution in [0.5, 0.6) is 0 Å². The van der Waals surface area contributed by atoms with Gasteiger partial charge in [0, 0.05) is 37.2 Å². The number of aryl methyl sites for hydroxylation is 1. The highest BCUT2D eigenvalue weighted by Crippen LogP contribution is 2.16. The summed E-state index contributed by atoms with van der Waals surface area (Å²) < 4.78 is 1.70. The quantitative estimate of drug-likeness (QED) is 0.744. The maximum Gasteiger partial charge on any atom is 0.260 e. The van der Waals surface area contributed by atoms with Gasteiger partial charge in [-0.2, -0.15) is 0 Å². The van der Waals surface area contributed by atoms with Crippen molar-refractivity contribution in [3.63, 3.8) is 0 Å². The van der Waals surface area contributed by atoms with Gasteiger partial charge in [0.05, 0.1) is 0 Å². The third-order valence-electron chi connectivity index (χ3n) is 4.37. The normalized spacial score (nSPS) is 17.2. The SMILES string of the molecule is Cc1ccc(C(=O)N2CCC(Nc3ccc4nccn4n3)C2)c(=O)[nH]1. The number of H-pyrrole nitrogens is 1. The van der Waals surface area contributed by atoms with E-state index in [0.717, 1.165) is 23.6 Å². The topological polar surface area (TPSA) is 95.4 Å². The Labute approximate surface area is 143 Å². The molecule has 0 radical (unpaired) electrons. The van der Waals surface area contributed by atoms with Crippen molar-refractivity contribution < 1.29 is 4.79 Å². The second-order valence-electron chi connectivity index (χ2n) is 6.21. The number of nitrogens with zero attached hydrogens (tertiary/aromatic N) is 4. The van der Waals surface area contributed by atoms with Gasteiger partial charge in [0.2, 0.25) is 0 Å².